The molecular weight excluding hydrogens is 631 g/mol. The molecule has 0 aromatic carbocycles. The number of hydrogen-bond acceptors (Lipinski definition) is 4. The summed E-state index contributed by atoms with van der Waals surface area (Å²) in [6.45, 7) is 4.20. The third-order valence-electron chi connectivity index (χ3n) is 10.9. The van der Waals surface area contributed by atoms with Crippen molar-refractivity contribution in [1.82, 2.24) is 5.32 Å². The average molecular weight is 722 g/mol. The van der Waals surface area contributed by atoms with Gasteiger partial charge in [0.2, 0.25) is 5.91 Å². The van der Waals surface area contributed by atoms with E-state index in [4.69, 9.17) is 0 Å². The van der Waals surface area contributed by atoms with E-state index in [-0.39, 0.29) is 6.61 Å². The zero-order valence-electron chi connectivity index (χ0n) is 34.5. The maximum Gasteiger partial charge on any atom is 0.249 e. The lowest BCUT2D eigenvalue weighted by molar-refractivity contribution is -0.131. The van der Waals surface area contributed by atoms with Crippen molar-refractivity contribution in [2.24, 2.45) is 0 Å². The Kier molecular flexibility index (Phi) is 41.1. The van der Waals surface area contributed by atoms with E-state index in [2.05, 4.69) is 19.2 Å². The molecule has 304 valence electrons. The molecular formula is C46H91NO4. The maximum atomic E-state index is 12.5. The van der Waals surface area contributed by atoms with E-state index in [1.165, 1.54) is 199 Å². The topological polar surface area (TPSA) is 89.8 Å². The van der Waals surface area contributed by atoms with Crippen molar-refractivity contribution in [2.45, 2.75) is 270 Å². The zero-order chi connectivity index (χ0) is 37.3. The molecule has 0 aliphatic rings. The number of aliphatic hydroxyl groups is 3. The third kappa shape index (κ3) is 37.2. The van der Waals surface area contributed by atoms with Crippen molar-refractivity contribution in [2.75, 3.05) is 6.61 Å². The quantitative estimate of drug-likeness (QED) is 0.0373. The Morgan fingerprint density at radius 3 is 1.08 bits per heavy atom. The van der Waals surface area contributed by atoms with Crippen LogP contribution in [0.3, 0.4) is 0 Å². The van der Waals surface area contributed by atoms with Gasteiger partial charge >= 0.3 is 0 Å². The number of unbranched alkanes of at least 4 members (excludes halogenated alkanes) is 34. The summed E-state index contributed by atoms with van der Waals surface area (Å²) in [5.74, 6) is -0.499. The second-order valence-electron chi connectivity index (χ2n) is 16.0. The first-order valence-electron chi connectivity index (χ1n) is 23.0. The van der Waals surface area contributed by atoms with E-state index in [1.54, 1.807) is 6.08 Å². The van der Waals surface area contributed by atoms with Crippen LogP contribution < -0.4 is 5.32 Å². The number of aliphatic hydroxyl groups excluding tert-OH is 3. The highest BCUT2D eigenvalue weighted by atomic mass is 16.3. The van der Waals surface area contributed by atoms with Gasteiger partial charge < -0.3 is 20.6 Å². The fraction of sp³-hybridized carbons (Fsp3) is 0.935. The van der Waals surface area contributed by atoms with E-state index >= 15 is 0 Å². The highest BCUT2D eigenvalue weighted by Gasteiger charge is 2.22. The Hall–Kier alpha value is -0.910. The highest BCUT2D eigenvalue weighted by molar-refractivity contribution is 5.80. The van der Waals surface area contributed by atoms with Gasteiger partial charge in [0.15, 0.2) is 0 Å². The smallest absolute Gasteiger partial charge is 0.249 e. The number of carbonyl (C=O) groups excluding carboxylic acids is 1. The van der Waals surface area contributed by atoms with Gasteiger partial charge in [0, 0.05) is 0 Å². The van der Waals surface area contributed by atoms with Gasteiger partial charge in [-0.15, -0.1) is 0 Å². The van der Waals surface area contributed by atoms with E-state index in [9.17, 15) is 20.1 Å². The van der Waals surface area contributed by atoms with Gasteiger partial charge in [0.25, 0.3) is 0 Å². The fourth-order valence-electron chi connectivity index (χ4n) is 7.25. The highest BCUT2D eigenvalue weighted by Crippen LogP contribution is 2.16. The zero-order valence-corrected chi connectivity index (χ0v) is 34.5. The molecule has 0 saturated heterocycles. The lowest BCUT2D eigenvalue weighted by Crippen LogP contribution is -2.48. The second-order valence-corrected chi connectivity index (χ2v) is 16.0. The predicted molar refractivity (Wildman–Crippen MR) is 222 cm³/mol. The molecule has 0 aliphatic carbocycles. The van der Waals surface area contributed by atoms with Crippen LogP contribution in [0.2, 0.25) is 0 Å². The van der Waals surface area contributed by atoms with Crippen molar-refractivity contribution < 1.29 is 20.1 Å². The molecule has 3 unspecified atom stereocenters. The van der Waals surface area contributed by atoms with Crippen molar-refractivity contribution in [3.8, 4) is 0 Å². The number of hydrogen-bond donors (Lipinski definition) is 4. The molecule has 0 aliphatic heterocycles. The maximum absolute atomic E-state index is 12.5. The molecule has 5 nitrogen and oxygen atoms in total. The summed E-state index contributed by atoms with van der Waals surface area (Å²) in [6, 6.07) is -0.792. The summed E-state index contributed by atoms with van der Waals surface area (Å²) in [7, 11) is 0. The van der Waals surface area contributed by atoms with Crippen molar-refractivity contribution in [3.05, 3.63) is 12.2 Å². The Balaban J connectivity index is 3.62. The number of allylic oxidation sites excluding steroid dienone is 1. The standard InChI is InChI=1S/C46H91NO4/c1-3-5-7-9-11-13-15-17-19-21-22-23-24-25-27-28-30-32-34-36-38-40-44(49)43(42-48)47-46(51)45(50)41-39-37-35-33-31-29-26-20-18-16-14-12-10-8-6-4-2/h38,40,43-45,48-50H,3-37,39,41-42H2,1-2H3,(H,47,51)/b40-38+. The SMILES string of the molecule is CCCCCCCCCCCCCCCCCCCCC/C=C/C(O)C(CO)NC(=O)C(O)CCCCCCCCCCCCCCCCCC. The largest absolute Gasteiger partial charge is 0.394 e. The lowest BCUT2D eigenvalue weighted by atomic mass is 10.0. The summed E-state index contributed by atoms with van der Waals surface area (Å²) in [5, 5.41) is 33.2. The Morgan fingerprint density at radius 1 is 0.471 bits per heavy atom. The molecule has 0 aromatic heterocycles. The number of amides is 1. The molecule has 1 amide bonds. The molecule has 51 heavy (non-hydrogen) atoms. The van der Waals surface area contributed by atoms with Crippen LogP contribution in [-0.2, 0) is 4.79 Å². The molecule has 3 atom stereocenters. The van der Waals surface area contributed by atoms with Crippen molar-refractivity contribution in [1.29, 1.82) is 0 Å². The number of nitrogens with one attached hydrogen (secondary N) is 1. The van der Waals surface area contributed by atoms with Crippen LogP contribution in [0, 0.1) is 0 Å². The summed E-state index contributed by atoms with van der Waals surface area (Å²) in [5.41, 5.74) is 0. The molecule has 0 fully saturated rings. The van der Waals surface area contributed by atoms with Crippen LogP contribution in [0.25, 0.3) is 0 Å². The summed E-state index contributed by atoms with van der Waals surface area (Å²) in [4.78, 5) is 12.5. The second kappa shape index (κ2) is 41.8. The third-order valence-corrected chi connectivity index (χ3v) is 10.9. The van der Waals surface area contributed by atoms with E-state index in [1.807, 2.05) is 6.08 Å². The first kappa shape index (κ1) is 50.1. The first-order chi connectivity index (χ1) is 25.1. The Morgan fingerprint density at radius 2 is 0.765 bits per heavy atom. The van der Waals surface area contributed by atoms with Gasteiger partial charge in [0.1, 0.15) is 6.10 Å². The van der Waals surface area contributed by atoms with Crippen molar-refractivity contribution in [3.63, 3.8) is 0 Å². The Labute approximate surface area is 319 Å². The van der Waals surface area contributed by atoms with Gasteiger partial charge in [-0.05, 0) is 19.3 Å². The van der Waals surface area contributed by atoms with E-state index in [0.29, 0.717) is 6.42 Å². The van der Waals surface area contributed by atoms with Gasteiger partial charge in [-0.25, -0.2) is 0 Å². The number of carbonyl (C=O) groups is 1. The molecule has 0 spiro atoms. The first-order valence-corrected chi connectivity index (χ1v) is 23.0. The molecule has 0 heterocycles. The van der Waals surface area contributed by atoms with Gasteiger partial charge in [-0.2, -0.15) is 0 Å². The summed E-state index contributed by atoms with van der Waals surface area (Å²) >= 11 is 0. The minimum Gasteiger partial charge on any atom is -0.394 e. The van der Waals surface area contributed by atoms with Crippen LogP contribution in [0.5, 0.6) is 0 Å². The minimum absolute atomic E-state index is 0.359. The van der Waals surface area contributed by atoms with Gasteiger partial charge in [-0.3, -0.25) is 4.79 Å². The summed E-state index contributed by atoms with van der Waals surface area (Å²) < 4.78 is 0. The molecule has 0 radical (unpaired) electrons. The average Bonchev–Trinajstić information content (AvgIpc) is 3.13. The van der Waals surface area contributed by atoms with E-state index < -0.39 is 24.2 Å². The molecule has 5 heteroatoms. The Bertz CT molecular complexity index is 713. The van der Waals surface area contributed by atoms with E-state index in [0.717, 1.165) is 32.1 Å². The van der Waals surface area contributed by atoms with Gasteiger partial charge in [-0.1, -0.05) is 244 Å². The molecule has 4 N–H and O–H groups in total. The summed E-state index contributed by atoms with van der Waals surface area (Å²) in [6.07, 6.45) is 49.6. The lowest BCUT2D eigenvalue weighted by Gasteiger charge is -2.21. The van der Waals surface area contributed by atoms with Crippen molar-refractivity contribution >= 4 is 5.91 Å². The van der Waals surface area contributed by atoms with Crippen LogP contribution >= 0.6 is 0 Å². The molecule has 0 saturated carbocycles. The molecule has 0 aromatic rings. The van der Waals surface area contributed by atoms with Crippen LogP contribution in [0.4, 0.5) is 0 Å². The molecule has 0 rings (SSSR count). The fourth-order valence-corrected chi connectivity index (χ4v) is 7.25. The van der Waals surface area contributed by atoms with Crippen LogP contribution in [0.1, 0.15) is 251 Å². The predicted octanol–water partition coefficient (Wildman–Crippen LogP) is 13.2. The minimum atomic E-state index is -1.09. The van der Waals surface area contributed by atoms with Crippen LogP contribution in [0.15, 0.2) is 12.2 Å². The van der Waals surface area contributed by atoms with Gasteiger partial charge in [0.05, 0.1) is 18.8 Å². The normalized spacial score (nSPS) is 13.6. The van der Waals surface area contributed by atoms with Crippen LogP contribution in [-0.4, -0.2) is 46.1 Å². The molecule has 0 bridgehead atoms. The monoisotopic (exact) mass is 722 g/mol. The number of rotatable bonds is 42.